The summed E-state index contributed by atoms with van der Waals surface area (Å²) in [6.07, 6.45) is 0.743. The number of halogens is 1. The van der Waals surface area contributed by atoms with Crippen LogP contribution in [0.15, 0.2) is 40.8 Å². The highest BCUT2D eigenvalue weighted by atomic mass is 35.5. The molecule has 0 N–H and O–H groups in total. The summed E-state index contributed by atoms with van der Waals surface area (Å²) in [4.78, 5) is 15.0. The lowest BCUT2D eigenvalue weighted by atomic mass is 10.1. The third-order valence-corrected chi connectivity index (χ3v) is 4.94. The Morgan fingerprint density at radius 1 is 1.03 bits per heavy atom. The molecule has 3 aromatic rings. The van der Waals surface area contributed by atoms with Crippen molar-refractivity contribution < 1.29 is 23.4 Å². The molecule has 8 nitrogen and oxygen atoms in total. The molecule has 0 saturated carbocycles. The lowest BCUT2D eigenvalue weighted by molar-refractivity contribution is 0.0724. The Kier molecular flexibility index (Phi) is 7.36. The van der Waals surface area contributed by atoms with E-state index in [0.29, 0.717) is 51.7 Å². The molecule has 0 spiro atoms. The number of carbonyl (C=O) groups excluding carboxylic acids is 1. The zero-order chi connectivity index (χ0) is 22.4. The first kappa shape index (κ1) is 22.4. The number of carbonyl (C=O) groups is 1. The van der Waals surface area contributed by atoms with Gasteiger partial charge in [-0.15, -0.1) is 10.2 Å². The van der Waals surface area contributed by atoms with Crippen LogP contribution in [-0.2, 0) is 6.54 Å². The van der Waals surface area contributed by atoms with E-state index in [1.165, 1.54) is 21.3 Å². The van der Waals surface area contributed by atoms with Crippen molar-refractivity contribution >= 4 is 17.5 Å². The maximum absolute atomic E-state index is 13.4. The summed E-state index contributed by atoms with van der Waals surface area (Å²) in [7, 11) is 4.49. The van der Waals surface area contributed by atoms with Crippen molar-refractivity contribution in [2.75, 3.05) is 27.9 Å². The van der Waals surface area contributed by atoms with Crippen LogP contribution in [-0.4, -0.2) is 48.9 Å². The molecule has 1 amide bonds. The summed E-state index contributed by atoms with van der Waals surface area (Å²) in [6.45, 7) is 2.61. The minimum Gasteiger partial charge on any atom is -0.493 e. The summed E-state index contributed by atoms with van der Waals surface area (Å²) in [5.41, 5.74) is 0.984. The van der Waals surface area contributed by atoms with Crippen molar-refractivity contribution in [1.82, 2.24) is 15.1 Å². The first-order valence-electron chi connectivity index (χ1n) is 9.69. The standard InChI is InChI=1S/C22H24ClN3O5/c1-5-12-26(13-18-24-25-21(31-18)14-8-6-7-9-16(14)23)22(27)15-10-11-17(28-2)20(30-4)19(15)29-3/h6-11H,5,12-13H2,1-4H3. The third-order valence-electron chi connectivity index (χ3n) is 4.61. The van der Waals surface area contributed by atoms with Crippen molar-refractivity contribution in [2.45, 2.75) is 19.9 Å². The van der Waals surface area contributed by atoms with Crippen LogP contribution in [0.2, 0.25) is 5.02 Å². The lowest BCUT2D eigenvalue weighted by Crippen LogP contribution is -2.31. The van der Waals surface area contributed by atoms with Crippen LogP contribution in [0.3, 0.4) is 0 Å². The van der Waals surface area contributed by atoms with Gasteiger partial charge in [0, 0.05) is 6.54 Å². The molecule has 1 aromatic heterocycles. The second kappa shape index (κ2) is 10.2. The number of amides is 1. The van der Waals surface area contributed by atoms with Crippen LogP contribution in [0.5, 0.6) is 17.2 Å². The van der Waals surface area contributed by atoms with Gasteiger partial charge in [0.25, 0.3) is 5.91 Å². The number of ether oxygens (including phenoxy) is 3. The van der Waals surface area contributed by atoms with E-state index >= 15 is 0 Å². The van der Waals surface area contributed by atoms with Crippen LogP contribution in [0.1, 0.15) is 29.6 Å². The maximum Gasteiger partial charge on any atom is 0.258 e. The van der Waals surface area contributed by atoms with E-state index in [9.17, 15) is 4.79 Å². The van der Waals surface area contributed by atoms with Gasteiger partial charge in [-0.1, -0.05) is 30.7 Å². The number of rotatable bonds is 9. The number of hydrogen-bond donors (Lipinski definition) is 0. The van der Waals surface area contributed by atoms with Gasteiger partial charge >= 0.3 is 0 Å². The van der Waals surface area contributed by atoms with Gasteiger partial charge in [-0.3, -0.25) is 4.79 Å². The molecule has 0 aliphatic carbocycles. The molecular weight excluding hydrogens is 422 g/mol. The molecule has 0 aliphatic heterocycles. The number of hydrogen-bond acceptors (Lipinski definition) is 7. The Bertz CT molecular complexity index is 1050. The number of methoxy groups -OCH3 is 3. The lowest BCUT2D eigenvalue weighted by Gasteiger charge is -2.22. The Morgan fingerprint density at radius 2 is 1.77 bits per heavy atom. The molecule has 3 rings (SSSR count). The monoisotopic (exact) mass is 445 g/mol. The Balaban J connectivity index is 1.90. The van der Waals surface area contributed by atoms with E-state index in [-0.39, 0.29) is 12.5 Å². The van der Waals surface area contributed by atoms with Crippen LogP contribution in [0.25, 0.3) is 11.5 Å². The highest BCUT2D eigenvalue weighted by molar-refractivity contribution is 6.33. The number of benzene rings is 2. The van der Waals surface area contributed by atoms with Gasteiger partial charge in [-0.25, -0.2) is 0 Å². The van der Waals surface area contributed by atoms with Gasteiger partial charge < -0.3 is 23.5 Å². The first-order valence-corrected chi connectivity index (χ1v) is 10.1. The average Bonchev–Trinajstić information content (AvgIpc) is 3.25. The number of aromatic nitrogens is 2. The van der Waals surface area contributed by atoms with E-state index in [0.717, 1.165) is 6.42 Å². The Hall–Kier alpha value is -3.26. The van der Waals surface area contributed by atoms with Crippen LogP contribution < -0.4 is 14.2 Å². The molecule has 0 atom stereocenters. The van der Waals surface area contributed by atoms with E-state index in [4.69, 9.17) is 30.2 Å². The summed E-state index contributed by atoms with van der Waals surface area (Å²) in [5, 5.41) is 8.67. The summed E-state index contributed by atoms with van der Waals surface area (Å²) >= 11 is 6.21. The fourth-order valence-electron chi connectivity index (χ4n) is 3.19. The van der Waals surface area contributed by atoms with Gasteiger partial charge in [0.1, 0.15) is 0 Å². The zero-order valence-corrected chi connectivity index (χ0v) is 18.6. The minimum absolute atomic E-state index is 0.141. The molecule has 31 heavy (non-hydrogen) atoms. The predicted octanol–water partition coefficient (Wildman–Crippen LogP) is 4.47. The largest absolute Gasteiger partial charge is 0.493 e. The molecule has 1 heterocycles. The molecule has 0 aliphatic rings. The van der Waals surface area contributed by atoms with Crippen molar-refractivity contribution in [3.05, 3.63) is 52.9 Å². The normalized spacial score (nSPS) is 10.6. The summed E-state index contributed by atoms with van der Waals surface area (Å²) in [5.74, 6) is 1.47. The highest BCUT2D eigenvalue weighted by Gasteiger charge is 2.26. The molecule has 0 radical (unpaired) electrons. The molecular formula is C22H24ClN3O5. The average molecular weight is 446 g/mol. The summed E-state index contributed by atoms with van der Waals surface area (Å²) in [6, 6.07) is 10.5. The van der Waals surface area contributed by atoms with Gasteiger partial charge in [0.05, 0.1) is 44.0 Å². The Morgan fingerprint density at radius 3 is 2.42 bits per heavy atom. The Labute approximate surface area is 185 Å². The number of nitrogens with zero attached hydrogens (tertiary/aromatic N) is 3. The quantitative estimate of drug-likeness (QED) is 0.480. The molecule has 0 saturated heterocycles. The summed E-state index contributed by atoms with van der Waals surface area (Å²) < 4.78 is 21.9. The predicted molar refractivity (Wildman–Crippen MR) is 116 cm³/mol. The zero-order valence-electron chi connectivity index (χ0n) is 17.8. The molecule has 0 fully saturated rings. The van der Waals surface area contributed by atoms with Crippen molar-refractivity contribution in [3.63, 3.8) is 0 Å². The third kappa shape index (κ3) is 4.74. The minimum atomic E-state index is -0.253. The second-order valence-electron chi connectivity index (χ2n) is 6.59. The molecule has 9 heteroatoms. The maximum atomic E-state index is 13.4. The smallest absolute Gasteiger partial charge is 0.258 e. The SMILES string of the molecule is CCCN(Cc1nnc(-c2ccccc2Cl)o1)C(=O)c1ccc(OC)c(OC)c1OC. The van der Waals surface area contributed by atoms with Crippen molar-refractivity contribution in [1.29, 1.82) is 0 Å². The van der Waals surface area contributed by atoms with Gasteiger partial charge in [0.15, 0.2) is 11.5 Å². The second-order valence-corrected chi connectivity index (χ2v) is 7.00. The van der Waals surface area contributed by atoms with Crippen molar-refractivity contribution in [3.8, 4) is 28.7 Å². The molecule has 0 unspecified atom stereocenters. The van der Waals surface area contributed by atoms with Gasteiger partial charge in [-0.2, -0.15) is 0 Å². The van der Waals surface area contributed by atoms with Crippen LogP contribution >= 0.6 is 11.6 Å². The fraction of sp³-hybridized carbons (Fsp3) is 0.318. The topological polar surface area (TPSA) is 86.9 Å². The van der Waals surface area contributed by atoms with Crippen LogP contribution in [0, 0.1) is 0 Å². The molecule has 164 valence electrons. The molecule has 0 bridgehead atoms. The van der Waals surface area contributed by atoms with Crippen molar-refractivity contribution in [2.24, 2.45) is 0 Å². The van der Waals surface area contributed by atoms with E-state index in [1.807, 2.05) is 19.1 Å². The molecule has 2 aromatic carbocycles. The first-order chi connectivity index (χ1) is 15.0. The van der Waals surface area contributed by atoms with E-state index in [1.54, 1.807) is 29.2 Å². The fourth-order valence-corrected chi connectivity index (χ4v) is 3.40. The van der Waals surface area contributed by atoms with Gasteiger partial charge in [0.2, 0.25) is 17.5 Å². The van der Waals surface area contributed by atoms with E-state index < -0.39 is 0 Å². The van der Waals surface area contributed by atoms with E-state index in [2.05, 4.69) is 10.2 Å². The van der Waals surface area contributed by atoms with Crippen LogP contribution in [0.4, 0.5) is 0 Å². The van der Waals surface area contributed by atoms with Gasteiger partial charge in [-0.05, 0) is 30.7 Å². The highest BCUT2D eigenvalue weighted by Crippen LogP contribution is 2.40.